The van der Waals surface area contributed by atoms with Gasteiger partial charge in [0.25, 0.3) is 0 Å². The van der Waals surface area contributed by atoms with Crippen LogP contribution in [0.15, 0.2) is 30.3 Å². The number of halogens is 1. The first kappa shape index (κ1) is 16.2. The fourth-order valence-corrected chi connectivity index (χ4v) is 3.19. The van der Waals surface area contributed by atoms with Crippen molar-refractivity contribution in [1.29, 1.82) is 0 Å². The Morgan fingerprint density at radius 3 is 2.84 bits per heavy atom. The number of hydrogen-bond acceptors (Lipinski definition) is 5. The molecule has 130 valence electrons. The smallest absolute Gasteiger partial charge is 0.229 e. The van der Waals surface area contributed by atoms with E-state index in [0.717, 1.165) is 52.2 Å². The first-order valence-corrected chi connectivity index (χ1v) is 8.76. The number of fused-ring (bicyclic) bond motifs is 1. The molecule has 0 saturated carbocycles. The monoisotopic (exact) mass is 357 g/mol. The van der Waals surface area contributed by atoms with Crippen LogP contribution in [-0.4, -0.2) is 41.3 Å². The fraction of sp³-hybridized carbons (Fsp3) is 0.333. The van der Waals surface area contributed by atoms with Crippen LogP contribution in [0.1, 0.15) is 11.3 Å². The molecule has 6 nitrogen and oxygen atoms in total. The van der Waals surface area contributed by atoms with Crippen molar-refractivity contribution in [2.24, 2.45) is 0 Å². The molecule has 3 heterocycles. The predicted octanol–water partition coefficient (Wildman–Crippen LogP) is 3.37. The van der Waals surface area contributed by atoms with Gasteiger partial charge in [-0.3, -0.25) is 0 Å². The summed E-state index contributed by atoms with van der Waals surface area (Å²) in [5.41, 5.74) is 2.94. The molecule has 0 spiro atoms. The van der Waals surface area contributed by atoms with Gasteiger partial charge in [0.2, 0.25) is 5.95 Å². The quantitative estimate of drug-likeness (QED) is 0.749. The summed E-state index contributed by atoms with van der Waals surface area (Å²) in [6.07, 6.45) is 0. The lowest BCUT2D eigenvalue weighted by Gasteiger charge is -2.27. The van der Waals surface area contributed by atoms with Crippen LogP contribution in [0, 0.1) is 6.92 Å². The maximum absolute atomic E-state index is 6.26. The average Bonchev–Trinajstić information content (AvgIpc) is 3.02. The minimum Gasteiger partial charge on any atom is -0.378 e. The molecule has 0 aliphatic carbocycles. The molecular formula is C18H20ClN5O. The highest BCUT2D eigenvalue weighted by Crippen LogP contribution is 2.26. The number of H-pyrrole nitrogens is 1. The molecule has 3 aromatic rings. The average molecular weight is 358 g/mol. The van der Waals surface area contributed by atoms with Gasteiger partial charge in [-0.25, -0.2) is 0 Å². The summed E-state index contributed by atoms with van der Waals surface area (Å²) >= 11 is 6.26. The van der Waals surface area contributed by atoms with Gasteiger partial charge in [0.1, 0.15) is 11.5 Å². The third-order valence-corrected chi connectivity index (χ3v) is 4.68. The molecule has 7 heteroatoms. The molecule has 0 amide bonds. The van der Waals surface area contributed by atoms with Crippen molar-refractivity contribution in [3.05, 3.63) is 46.6 Å². The van der Waals surface area contributed by atoms with Crippen molar-refractivity contribution in [3.8, 4) is 0 Å². The van der Waals surface area contributed by atoms with Crippen LogP contribution in [0.25, 0.3) is 11.0 Å². The zero-order chi connectivity index (χ0) is 17.2. The Morgan fingerprint density at radius 1 is 1.24 bits per heavy atom. The summed E-state index contributed by atoms with van der Waals surface area (Å²) in [6.45, 7) is 5.64. The van der Waals surface area contributed by atoms with Gasteiger partial charge in [-0.15, -0.1) is 0 Å². The summed E-state index contributed by atoms with van der Waals surface area (Å²) in [4.78, 5) is 14.9. The van der Waals surface area contributed by atoms with E-state index in [9.17, 15) is 0 Å². The van der Waals surface area contributed by atoms with Crippen molar-refractivity contribution in [3.63, 3.8) is 0 Å². The predicted molar refractivity (Wildman–Crippen MR) is 100 cm³/mol. The van der Waals surface area contributed by atoms with Crippen LogP contribution in [-0.2, 0) is 11.3 Å². The number of aromatic nitrogens is 3. The molecule has 1 fully saturated rings. The van der Waals surface area contributed by atoms with Crippen LogP contribution >= 0.6 is 11.6 Å². The highest BCUT2D eigenvalue weighted by Gasteiger charge is 2.17. The number of aromatic amines is 1. The van der Waals surface area contributed by atoms with E-state index in [1.165, 1.54) is 0 Å². The number of nitrogens with one attached hydrogen (secondary N) is 2. The summed E-state index contributed by atoms with van der Waals surface area (Å²) in [5, 5.41) is 5.16. The van der Waals surface area contributed by atoms with Crippen molar-refractivity contribution < 1.29 is 4.74 Å². The molecule has 1 aliphatic rings. The topological polar surface area (TPSA) is 66.1 Å². The third-order valence-electron chi connectivity index (χ3n) is 4.31. The van der Waals surface area contributed by atoms with Crippen LogP contribution in [0.2, 0.25) is 5.02 Å². The molecule has 0 radical (unpaired) electrons. The minimum absolute atomic E-state index is 0.610. The van der Waals surface area contributed by atoms with E-state index in [0.29, 0.717) is 19.8 Å². The first-order chi connectivity index (χ1) is 12.2. The van der Waals surface area contributed by atoms with E-state index in [1.807, 2.05) is 31.2 Å². The van der Waals surface area contributed by atoms with Gasteiger partial charge in [-0.05, 0) is 24.6 Å². The molecule has 0 unspecified atom stereocenters. The van der Waals surface area contributed by atoms with Crippen LogP contribution < -0.4 is 10.2 Å². The van der Waals surface area contributed by atoms with Crippen LogP contribution in [0.4, 0.5) is 11.8 Å². The van der Waals surface area contributed by atoms with E-state index in [-0.39, 0.29) is 0 Å². The fourth-order valence-electron chi connectivity index (χ4n) is 2.99. The molecule has 1 saturated heterocycles. The van der Waals surface area contributed by atoms with Gasteiger partial charge in [0.15, 0.2) is 0 Å². The van der Waals surface area contributed by atoms with E-state index < -0.39 is 0 Å². The Kier molecular flexibility index (Phi) is 4.46. The highest BCUT2D eigenvalue weighted by molar-refractivity contribution is 6.31. The lowest BCUT2D eigenvalue weighted by Crippen LogP contribution is -2.37. The molecule has 0 atom stereocenters. The number of anilines is 2. The van der Waals surface area contributed by atoms with Gasteiger partial charge in [0, 0.05) is 30.4 Å². The molecule has 25 heavy (non-hydrogen) atoms. The molecule has 4 rings (SSSR count). The second-order valence-corrected chi connectivity index (χ2v) is 6.54. The largest absolute Gasteiger partial charge is 0.378 e. The standard InChI is InChI=1S/C18H20ClN5O/c1-12-10-14-16(20-11-13-4-2-3-5-15(13)19)22-18(23-17(14)21-12)24-6-8-25-9-7-24/h2-5,10H,6-9,11H2,1H3,(H2,20,21,22,23). The van der Waals surface area contributed by atoms with Crippen molar-refractivity contribution >= 4 is 34.4 Å². The molecule has 0 bridgehead atoms. The number of nitrogens with zero attached hydrogens (tertiary/aromatic N) is 3. The SMILES string of the molecule is Cc1cc2c(NCc3ccccc3Cl)nc(N3CCOCC3)nc2[nH]1. The van der Waals surface area contributed by atoms with Crippen LogP contribution in [0.5, 0.6) is 0 Å². The number of rotatable bonds is 4. The Bertz CT molecular complexity index is 888. The number of benzene rings is 1. The highest BCUT2D eigenvalue weighted by atomic mass is 35.5. The van der Waals surface area contributed by atoms with Crippen molar-refractivity contribution in [2.45, 2.75) is 13.5 Å². The van der Waals surface area contributed by atoms with Gasteiger partial charge < -0.3 is 19.9 Å². The Hall–Kier alpha value is -2.31. The Labute approximate surface area is 151 Å². The van der Waals surface area contributed by atoms with Crippen molar-refractivity contribution in [1.82, 2.24) is 15.0 Å². The minimum atomic E-state index is 0.610. The van der Waals surface area contributed by atoms with E-state index in [2.05, 4.69) is 21.3 Å². The summed E-state index contributed by atoms with van der Waals surface area (Å²) in [7, 11) is 0. The van der Waals surface area contributed by atoms with E-state index in [1.54, 1.807) is 0 Å². The van der Waals surface area contributed by atoms with Crippen LogP contribution in [0.3, 0.4) is 0 Å². The van der Waals surface area contributed by atoms with Crippen molar-refractivity contribution in [2.75, 3.05) is 36.5 Å². The van der Waals surface area contributed by atoms with Gasteiger partial charge in [-0.1, -0.05) is 29.8 Å². The second-order valence-electron chi connectivity index (χ2n) is 6.13. The second kappa shape index (κ2) is 6.90. The normalized spacial score (nSPS) is 14.9. The molecule has 1 aromatic carbocycles. The summed E-state index contributed by atoms with van der Waals surface area (Å²) < 4.78 is 5.43. The number of morpholine rings is 1. The zero-order valence-electron chi connectivity index (χ0n) is 14.1. The molecule has 2 aromatic heterocycles. The lowest BCUT2D eigenvalue weighted by molar-refractivity contribution is 0.122. The maximum Gasteiger partial charge on any atom is 0.229 e. The maximum atomic E-state index is 6.26. The third kappa shape index (κ3) is 3.41. The zero-order valence-corrected chi connectivity index (χ0v) is 14.8. The first-order valence-electron chi connectivity index (χ1n) is 8.38. The Morgan fingerprint density at radius 2 is 2.04 bits per heavy atom. The molecule has 1 aliphatic heterocycles. The van der Waals surface area contributed by atoms with Gasteiger partial charge >= 0.3 is 0 Å². The van der Waals surface area contributed by atoms with E-state index >= 15 is 0 Å². The summed E-state index contributed by atoms with van der Waals surface area (Å²) in [5.74, 6) is 1.54. The Balaban J connectivity index is 1.67. The summed E-state index contributed by atoms with van der Waals surface area (Å²) in [6, 6.07) is 9.89. The molecular weight excluding hydrogens is 338 g/mol. The lowest BCUT2D eigenvalue weighted by atomic mass is 10.2. The number of hydrogen-bond donors (Lipinski definition) is 2. The van der Waals surface area contributed by atoms with Gasteiger partial charge in [0.05, 0.1) is 18.6 Å². The number of aryl methyl sites for hydroxylation is 1. The number of ether oxygens (including phenoxy) is 1. The molecule has 2 N–H and O–H groups in total. The van der Waals surface area contributed by atoms with Gasteiger partial charge in [-0.2, -0.15) is 9.97 Å². The van der Waals surface area contributed by atoms with E-state index in [4.69, 9.17) is 26.3 Å².